The van der Waals surface area contributed by atoms with Crippen molar-refractivity contribution in [2.75, 3.05) is 0 Å². The molecule has 252 valence electrons. The van der Waals surface area contributed by atoms with Gasteiger partial charge in [-0.2, -0.15) is 0 Å². The number of hydrogen-bond acceptors (Lipinski definition) is 6. The van der Waals surface area contributed by atoms with Gasteiger partial charge >= 0.3 is 0 Å². The number of nitrogens with zero attached hydrogens (tertiary/aromatic N) is 4. The SMILES string of the molecule is c1ccc(-c2cccc(-c3nc(-c4ccccc4)nc(-c4ccc5c(ccc6ccc7sc8ccc9nc(-c%10ccccc%10)oc9c8c7c65)c4)n3)c2)cc1. The molecule has 0 amide bonds. The Bertz CT molecular complexity index is 3210. The Hall–Kier alpha value is -7.02. The van der Waals surface area contributed by atoms with Crippen molar-refractivity contribution in [3.8, 4) is 56.7 Å². The largest absolute Gasteiger partial charge is 0.435 e. The number of oxazole rings is 1. The van der Waals surface area contributed by atoms with E-state index in [0.717, 1.165) is 60.6 Å². The molecule has 5 nitrogen and oxygen atoms in total. The smallest absolute Gasteiger partial charge is 0.227 e. The first-order valence-corrected chi connectivity index (χ1v) is 18.7. The standard InChI is InChI=1S/C48H28N4OS/c1-4-11-29(12-5-1)33-17-10-18-35(27-33)46-50-45(31-13-6-2-7-14-31)51-47(52-46)36-21-23-37-34(28-36)20-19-30-22-25-39-42(41(30)37)43-40(54-39)26-24-38-44(43)53-48(49-38)32-15-8-3-9-16-32/h1-28H. The van der Waals surface area contributed by atoms with Crippen molar-refractivity contribution in [2.24, 2.45) is 0 Å². The van der Waals surface area contributed by atoms with Crippen molar-refractivity contribution in [1.29, 1.82) is 0 Å². The Morgan fingerprint density at radius 1 is 0.370 bits per heavy atom. The third kappa shape index (κ3) is 5.07. The third-order valence-electron chi connectivity index (χ3n) is 10.1. The van der Waals surface area contributed by atoms with Crippen molar-refractivity contribution in [3.05, 3.63) is 170 Å². The van der Waals surface area contributed by atoms with Crippen LogP contribution in [0.1, 0.15) is 0 Å². The number of fused-ring (bicyclic) bond motifs is 9. The number of aromatic nitrogens is 4. The molecular formula is C48H28N4OS. The lowest BCUT2D eigenvalue weighted by Gasteiger charge is -2.11. The molecule has 0 aliphatic carbocycles. The Balaban J connectivity index is 1.10. The molecule has 54 heavy (non-hydrogen) atoms. The molecule has 0 aliphatic rings. The molecule has 0 saturated carbocycles. The molecule has 11 aromatic rings. The highest BCUT2D eigenvalue weighted by Crippen LogP contribution is 2.45. The third-order valence-corrected chi connectivity index (χ3v) is 11.2. The van der Waals surface area contributed by atoms with Crippen LogP contribution in [0.3, 0.4) is 0 Å². The number of rotatable bonds is 5. The van der Waals surface area contributed by atoms with Crippen molar-refractivity contribution in [2.45, 2.75) is 0 Å². The highest BCUT2D eigenvalue weighted by atomic mass is 32.1. The molecule has 8 aromatic carbocycles. The minimum Gasteiger partial charge on any atom is -0.435 e. The second-order valence-corrected chi connectivity index (χ2v) is 14.5. The fourth-order valence-electron chi connectivity index (χ4n) is 7.55. The minimum atomic E-state index is 0.627. The van der Waals surface area contributed by atoms with Crippen molar-refractivity contribution in [3.63, 3.8) is 0 Å². The highest BCUT2D eigenvalue weighted by Gasteiger charge is 2.19. The predicted octanol–water partition coefficient (Wildman–Crippen LogP) is 13.0. The van der Waals surface area contributed by atoms with Gasteiger partial charge in [0.25, 0.3) is 0 Å². The summed E-state index contributed by atoms with van der Waals surface area (Å²) in [6, 6.07) is 58.7. The minimum absolute atomic E-state index is 0.627. The molecule has 0 radical (unpaired) electrons. The molecule has 0 atom stereocenters. The molecule has 0 fully saturated rings. The van der Waals surface area contributed by atoms with E-state index in [-0.39, 0.29) is 0 Å². The number of benzene rings is 8. The van der Waals surface area contributed by atoms with Crippen molar-refractivity contribution < 1.29 is 4.42 Å². The van der Waals surface area contributed by atoms with Gasteiger partial charge in [-0.3, -0.25) is 0 Å². The summed E-state index contributed by atoms with van der Waals surface area (Å²) in [6.07, 6.45) is 0. The fourth-order valence-corrected chi connectivity index (χ4v) is 8.66. The zero-order valence-corrected chi connectivity index (χ0v) is 29.6. The van der Waals surface area contributed by atoms with Crippen molar-refractivity contribution >= 4 is 64.2 Å². The van der Waals surface area contributed by atoms with E-state index in [1.165, 1.54) is 25.6 Å². The molecule has 3 aromatic heterocycles. The van der Waals surface area contributed by atoms with Crippen LogP contribution >= 0.6 is 11.3 Å². The van der Waals surface area contributed by atoms with E-state index in [4.69, 9.17) is 24.4 Å². The maximum atomic E-state index is 6.57. The van der Waals surface area contributed by atoms with E-state index in [1.54, 1.807) is 11.3 Å². The van der Waals surface area contributed by atoms with Gasteiger partial charge in [-0.15, -0.1) is 11.3 Å². The summed E-state index contributed by atoms with van der Waals surface area (Å²) in [5, 5.41) is 6.95. The molecule has 11 rings (SSSR count). The van der Waals surface area contributed by atoms with Crippen LogP contribution in [0.25, 0.3) is 110 Å². The maximum absolute atomic E-state index is 6.57. The monoisotopic (exact) mass is 708 g/mol. The van der Waals surface area contributed by atoms with Crippen LogP contribution in [0.4, 0.5) is 0 Å². The lowest BCUT2D eigenvalue weighted by atomic mass is 9.96. The second kappa shape index (κ2) is 12.3. The predicted molar refractivity (Wildman–Crippen MR) is 222 cm³/mol. The van der Waals surface area contributed by atoms with Crippen LogP contribution in [-0.4, -0.2) is 19.9 Å². The van der Waals surface area contributed by atoms with E-state index in [2.05, 4.69) is 103 Å². The summed E-state index contributed by atoms with van der Waals surface area (Å²) in [4.78, 5) is 20.1. The Morgan fingerprint density at radius 2 is 0.944 bits per heavy atom. The van der Waals surface area contributed by atoms with Gasteiger partial charge < -0.3 is 4.42 Å². The average molecular weight is 709 g/mol. The van der Waals surface area contributed by atoms with E-state index < -0.39 is 0 Å². The quantitative estimate of drug-likeness (QED) is 0.167. The molecule has 0 aliphatic heterocycles. The van der Waals surface area contributed by atoms with Crippen LogP contribution in [0.2, 0.25) is 0 Å². The first-order valence-electron chi connectivity index (χ1n) is 17.9. The van der Waals surface area contributed by atoms with Crippen LogP contribution in [0.5, 0.6) is 0 Å². The summed E-state index contributed by atoms with van der Waals surface area (Å²) in [7, 11) is 0. The van der Waals surface area contributed by atoms with Crippen LogP contribution in [-0.2, 0) is 0 Å². The van der Waals surface area contributed by atoms with E-state index in [0.29, 0.717) is 23.4 Å². The van der Waals surface area contributed by atoms with Crippen LogP contribution in [0, 0.1) is 0 Å². The van der Waals surface area contributed by atoms with Gasteiger partial charge in [-0.25, -0.2) is 19.9 Å². The second-order valence-electron chi connectivity index (χ2n) is 13.4. The lowest BCUT2D eigenvalue weighted by molar-refractivity contribution is 0.623. The van der Waals surface area contributed by atoms with E-state index in [9.17, 15) is 0 Å². The molecule has 3 heterocycles. The van der Waals surface area contributed by atoms with Crippen LogP contribution < -0.4 is 0 Å². The summed E-state index contributed by atoms with van der Waals surface area (Å²) in [6.45, 7) is 0. The Morgan fingerprint density at radius 3 is 1.70 bits per heavy atom. The van der Waals surface area contributed by atoms with E-state index >= 15 is 0 Å². The highest BCUT2D eigenvalue weighted by molar-refractivity contribution is 7.26. The topological polar surface area (TPSA) is 64.7 Å². The average Bonchev–Trinajstić information content (AvgIpc) is 3.86. The molecule has 0 unspecified atom stereocenters. The van der Waals surface area contributed by atoms with Gasteiger partial charge in [-0.05, 0) is 75.1 Å². The summed E-state index contributed by atoms with van der Waals surface area (Å²) < 4.78 is 8.96. The zero-order valence-electron chi connectivity index (χ0n) is 28.8. The molecule has 0 saturated heterocycles. The molecular weight excluding hydrogens is 681 g/mol. The van der Waals surface area contributed by atoms with Crippen LogP contribution in [0.15, 0.2) is 174 Å². The van der Waals surface area contributed by atoms with Gasteiger partial charge in [-0.1, -0.05) is 127 Å². The normalized spacial score (nSPS) is 11.7. The number of thiophene rings is 1. The fraction of sp³-hybridized carbons (Fsp3) is 0. The molecule has 0 spiro atoms. The summed E-state index contributed by atoms with van der Waals surface area (Å²) >= 11 is 1.79. The van der Waals surface area contributed by atoms with Gasteiger partial charge in [0.15, 0.2) is 23.1 Å². The molecule has 0 N–H and O–H groups in total. The Labute approximate surface area is 313 Å². The zero-order chi connectivity index (χ0) is 35.6. The summed E-state index contributed by atoms with van der Waals surface area (Å²) in [5.74, 6) is 2.52. The molecule has 0 bridgehead atoms. The van der Waals surface area contributed by atoms with Gasteiger partial charge in [0.1, 0.15) is 5.52 Å². The maximum Gasteiger partial charge on any atom is 0.227 e. The lowest BCUT2D eigenvalue weighted by Crippen LogP contribution is -2.00. The van der Waals surface area contributed by atoms with Gasteiger partial charge in [0, 0.05) is 42.4 Å². The molecule has 6 heteroatoms. The number of hydrogen-bond donors (Lipinski definition) is 0. The first kappa shape index (κ1) is 30.6. The van der Waals surface area contributed by atoms with E-state index in [1.807, 2.05) is 66.7 Å². The summed E-state index contributed by atoms with van der Waals surface area (Å²) in [5.41, 5.74) is 7.70. The van der Waals surface area contributed by atoms with Gasteiger partial charge in [0.2, 0.25) is 5.89 Å². The van der Waals surface area contributed by atoms with Crippen molar-refractivity contribution in [1.82, 2.24) is 19.9 Å². The van der Waals surface area contributed by atoms with Gasteiger partial charge in [0.05, 0.1) is 0 Å². The Kier molecular flexibility index (Phi) is 6.97. The first-order chi connectivity index (χ1) is 26.7.